The lowest BCUT2D eigenvalue weighted by atomic mass is 10.4. The minimum Gasteiger partial charge on any atom is -0.726 e. The van der Waals surface area contributed by atoms with Crippen LogP contribution < -0.4 is 0 Å². The van der Waals surface area contributed by atoms with Gasteiger partial charge in [-0.25, -0.2) is 8.42 Å². The zero-order valence-corrected chi connectivity index (χ0v) is 9.74. The van der Waals surface area contributed by atoms with E-state index in [1.807, 2.05) is 31.3 Å². The highest BCUT2D eigenvalue weighted by Crippen LogP contribution is 2.16. The summed E-state index contributed by atoms with van der Waals surface area (Å²) < 4.78 is 35.6. The maximum absolute atomic E-state index is 10.2. The summed E-state index contributed by atoms with van der Waals surface area (Å²) in [5.41, 5.74) is 0. The van der Waals surface area contributed by atoms with E-state index >= 15 is 0 Å². The van der Waals surface area contributed by atoms with Crippen LogP contribution in [-0.4, -0.2) is 55.8 Å². The number of hydrogen-bond donors (Lipinski definition) is 0. The largest absolute Gasteiger partial charge is 0.726 e. The molecule has 0 aliphatic carbocycles. The van der Waals surface area contributed by atoms with Gasteiger partial charge in [-0.2, -0.15) is 0 Å². The average Bonchev–Trinajstić information content (AvgIpc) is 2.46. The number of nitrogens with zero attached hydrogens (tertiary/aromatic N) is 2. The highest BCUT2D eigenvalue weighted by Gasteiger charge is 2.28. The van der Waals surface area contributed by atoms with Crippen molar-refractivity contribution in [2.45, 2.75) is 6.92 Å². The van der Waals surface area contributed by atoms with Gasteiger partial charge in [0.05, 0.1) is 12.7 Å². The van der Waals surface area contributed by atoms with Gasteiger partial charge < -0.3 is 9.45 Å². The molecule has 0 aromatic rings. The van der Waals surface area contributed by atoms with Crippen LogP contribution in [0, 0.1) is 0 Å². The SMILES string of the molecule is CC[N+]1(CCOS(=O)(=O)[O-])C=CN(C)C1. The topological polar surface area (TPSA) is 69.7 Å². The first-order valence-electron chi connectivity index (χ1n) is 4.72. The molecule has 7 heteroatoms. The average molecular weight is 236 g/mol. The quantitative estimate of drug-likeness (QED) is 0.371. The van der Waals surface area contributed by atoms with Gasteiger partial charge in [-0.15, -0.1) is 0 Å². The Balaban J connectivity index is 2.46. The molecule has 0 amide bonds. The molecule has 6 nitrogen and oxygen atoms in total. The van der Waals surface area contributed by atoms with Crippen molar-refractivity contribution in [2.24, 2.45) is 0 Å². The maximum atomic E-state index is 10.2. The first-order chi connectivity index (χ1) is 6.87. The molecule has 1 atom stereocenters. The Morgan fingerprint density at radius 3 is 2.67 bits per heavy atom. The van der Waals surface area contributed by atoms with E-state index in [1.54, 1.807) is 0 Å². The fourth-order valence-electron chi connectivity index (χ4n) is 1.62. The second kappa shape index (κ2) is 4.48. The lowest BCUT2D eigenvalue weighted by Gasteiger charge is -2.31. The van der Waals surface area contributed by atoms with Crippen LogP contribution in [0.1, 0.15) is 6.92 Å². The maximum Gasteiger partial charge on any atom is 0.217 e. The van der Waals surface area contributed by atoms with Crippen LogP contribution in [0.25, 0.3) is 0 Å². The van der Waals surface area contributed by atoms with Crippen LogP contribution in [0.5, 0.6) is 0 Å². The zero-order valence-electron chi connectivity index (χ0n) is 8.92. The van der Waals surface area contributed by atoms with Gasteiger partial charge in [-0.05, 0) is 6.92 Å². The van der Waals surface area contributed by atoms with Crippen molar-refractivity contribution in [2.75, 3.05) is 33.4 Å². The molecule has 1 unspecified atom stereocenters. The van der Waals surface area contributed by atoms with Gasteiger partial charge in [-0.3, -0.25) is 8.67 Å². The van der Waals surface area contributed by atoms with Gasteiger partial charge in [0.25, 0.3) is 0 Å². The number of likely N-dealkylation sites (N-methyl/N-ethyl adjacent to an activating group) is 1. The summed E-state index contributed by atoms with van der Waals surface area (Å²) in [7, 11) is -2.62. The van der Waals surface area contributed by atoms with Crippen LogP contribution in [0.3, 0.4) is 0 Å². The Hall–Kier alpha value is -0.630. The molecule has 0 aromatic carbocycles. The lowest BCUT2D eigenvalue weighted by molar-refractivity contribution is -0.879. The summed E-state index contributed by atoms with van der Waals surface area (Å²) in [6.07, 6.45) is 3.93. The molecule has 1 heterocycles. The van der Waals surface area contributed by atoms with Crippen molar-refractivity contribution in [3.63, 3.8) is 0 Å². The third-order valence-electron chi connectivity index (χ3n) is 2.54. The van der Waals surface area contributed by atoms with Gasteiger partial charge in [0.15, 0.2) is 6.67 Å². The van der Waals surface area contributed by atoms with E-state index in [0.29, 0.717) is 11.0 Å². The summed E-state index contributed by atoms with van der Waals surface area (Å²) in [5, 5.41) is 0. The van der Waals surface area contributed by atoms with E-state index in [2.05, 4.69) is 4.18 Å². The summed E-state index contributed by atoms with van der Waals surface area (Å²) in [6, 6.07) is 0. The highest BCUT2D eigenvalue weighted by atomic mass is 32.3. The molecule has 0 bridgehead atoms. The van der Waals surface area contributed by atoms with Crippen molar-refractivity contribution >= 4 is 10.4 Å². The predicted octanol–water partition coefficient (Wildman–Crippen LogP) is -0.326. The standard InChI is InChI=1S/C8H16N2O4S/c1-3-10(5-4-9(2)8-10)6-7-14-15(11,12)13/h4-5H,3,6-8H2,1-2H3. The van der Waals surface area contributed by atoms with E-state index in [9.17, 15) is 13.0 Å². The normalized spacial score (nSPS) is 26.2. The first-order valence-corrected chi connectivity index (χ1v) is 6.06. The molecule has 88 valence electrons. The smallest absolute Gasteiger partial charge is 0.217 e. The van der Waals surface area contributed by atoms with Crippen LogP contribution in [0.15, 0.2) is 12.4 Å². The van der Waals surface area contributed by atoms with E-state index in [-0.39, 0.29) is 6.61 Å². The highest BCUT2D eigenvalue weighted by molar-refractivity contribution is 7.80. The predicted molar refractivity (Wildman–Crippen MR) is 53.1 cm³/mol. The van der Waals surface area contributed by atoms with E-state index in [4.69, 9.17) is 0 Å². The molecule has 0 radical (unpaired) electrons. The van der Waals surface area contributed by atoms with Gasteiger partial charge in [0, 0.05) is 7.05 Å². The number of rotatable bonds is 5. The summed E-state index contributed by atoms with van der Waals surface area (Å²) in [6.45, 7) is 4.04. The van der Waals surface area contributed by atoms with Crippen LogP contribution >= 0.6 is 0 Å². The zero-order chi connectivity index (χ0) is 11.5. The molecule has 0 fully saturated rings. The lowest BCUT2D eigenvalue weighted by Crippen LogP contribution is -2.46. The minimum absolute atomic E-state index is 0.0716. The van der Waals surface area contributed by atoms with Crippen molar-refractivity contribution in [3.05, 3.63) is 12.4 Å². The minimum atomic E-state index is -4.56. The van der Waals surface area contributed by atoms with Gasteiger partial charge >= 0.3 is 0 Å². The number of quaternary nitrogens is 1. The molecule has 0 saturated heterocycles. The van der Waals surface area contributed by atoms with Gasteiger partial charge in [0.2, 0.25) is 10.4 Å². The summed E-state index contributed by atoms with van der Waals surface area (Å²) >= 11 is 0. The van der Waals surface area contributed by atoms with E-state index in [0.717, 1.165) is 13.2 Å². The van der Waals surface area contributed by atoms with Crippen LogP contribution in [0.4, 0.5) is 0 Å². The molecular weight excluding hydrogens is 220 g/mol. The Kier molecular flexibility index (Phi) is 3.72. The molecule has 0 N–H and O–H groups in total. The van der Waals surface area contributed by atoms with Crippen molar-refractivity contribution in [1.29, 1.82) is 0 Å². The van der Waals surface area contributed by atoms with E-state index in [1.165, 1.54) is 0 Å². The van der Waals surface area contributed by atoms with E-state index < -0.39 is 10.4 Å². The molecule has 0 aromatic heterocycles. The third kappa shape index (κ3) is 3.78. The van der Waals surface area contributed by atoms with Crippen molar-refractivity contribution < 1.29 is 21.6 Å². The van der Waals surface area contributed by atoms with Crippen LogP contribution in [0.2, 0.25) is 0 Å². The summed E-state index contributed by atoms with van der Waals surface area (Å²) in [4.78, 5) is 2.01. The molecule has 0 spiro atoms. The van der Waals surface area contributed by atoms with Gasteiger partial charge in [-0.1, -0.05) is 0 Å². The number of hydrogen-bond acceptors (Lipinski definition) is 5. The molecular formula is C8H16N2O4S. The second-order valence-corrected chi connectivity index (χ2v) is 4.74. The Bertz CT molecular complexity index is 341. The summed E-state index contributed by atoms with van der Waals surface area (Å²) in [5.74, 6) is 0. The molecule has 1 aliphatic heterocycles. The molecule has 0 saturated carbocycles. The monoisotopic (exact) mass is 236 g/mol. The van der Waals surface area contributed by atoms with Crippen LogP contribution in [-0.2, 0) is 14.6 Å². The molecule has 15 heavy (non-hydrogen) atoms. The van der Waals surface area contributed by atoms with Gasteiger partial charge in [0.1, 0.15) is 19.4 Å². The fraction of sp³-hybridized carbons (Fsp3) is 0.750. The van der Waals surface area contributed by atoms with Crippen molar-refractivity contribution in [3.8, 4) is 0 Å². The second-order valence-electron chi connectivity index (χ2n) is 3.69. The Labute approximate surface area is 90.3 Å². The first kappa shape index (κ1) is 12.4. The molecule has 1 rings (SSSR count). The Morgan fingerprint density at radius 1 is 1.60 bits per heavy atom. The fourth-order valence-corrected chi connectivity index (χ4v) is 1.90. The third-order valence-corrected chi connectivity index (χ3v) is 2.99. The molecule has 1 aliphatic rings. The van der Waals surface area contributed by atoms with Crippen molar-refractivity contribution in [1.82, 2.24) is 4.90 Å². The Morgan fingerprint density at radius 2 is 2.27 bits per heavy atom.